The topological polar surface area (TPSA) is 50.4 Å². The summed E-state index contributed by atoms with van der Waals surface area (Å²) in [4.78, 5) is 12.1. The highest BCUT2D eigenvalue weighted by molar-refractivity contribution is 9.10. The molecule has 0 spiro atoms. The van der Waals surface area contributed by atoms with Crippen molar-refractivity contribution in [2.45, 2.75) is 25.7 Å². The van der Waals surface area contributed by atoms with Crippen molar-refractivity contribution in [1.82, 2.24) is 10.6 Å². The van der Waals surface area contributed by atoms with Crippen molar-refractivity contribution >= 4 is 34.2 Å². The standard InChI is InChI=1S/C17H25BrN2O2.ClH/c1-22-13-17(8-10-19-11-9-17)12-20-16(21)7-4-14-2-5-15(18)6-3-14;/h2-3,5-6,19H,4,7-13H2,1H3,(H,20,21);1H. The van der Waals surface area contributed by atoms with Crippen LogP contribution in [0, 0.1) is 5.41 Å². The summed E-state index contributed by atoms with van der Waals surface area (Å²) in [5.74, 6) is 0.122. The van der Waals surface area contributed by atoms with Crippen LogP contribution in [0.15, 0.2) is 28.7 Å². The molecule has 1 aliphatic heterocycles. The van der Waals surface area contributed by atoms with E-state index in [0.717, 1.165) is 36.8 Å². The number of amides is 1. The molecule has 0 bridgehead atoms. The average Bonchev–Trinajstić information content (AvgIpc) is 2.54. The first-order valence-electron chi connectivity index (χ1n) is 7.84. The van der Waals surface area contributed by atoms with Crippen molar-refractivity contribution < 1.29 is 9.53 Å². The Labute approximate surface area is 153 Å². The summed E-state index contributed by atoms with van der Waals surface area (Å²) in [7, 11) is 1.74. The minimum Gasteiger partial charge on any atom is -0.384 e. The number of methoxy groups -OCH3 is 1. The summed E-state index contributed by atoms with van der Waals surface area (Å²) in [5, 5.41) is 6.47. The number of hydrogen-bond acceptors (Lipinski definition) is 3. The van der Waals surface area contributed by atoms with E-state index in [1.165, 1.54) is 5.56 Å². The van der Waals surface area contributed by atoms with Crippen LogP contribution in [-0.2, 0) is 16.0 Å². The highest BCUT2D eigenvalue weighted by atomic mass is 79.9. The van der Waals surface area contributed by atoms with E-state index in [4.69, 9.17) is 4.74 Å². The summed E-state index contributed by atoms with van der Waals surface area (Å²) in [6, 6.07) is 8.12. The Hall–Kier alpha value is -0.620. The SMILES string of the molecule is COCC1(CNC(=O)CCc2ccc(Br)cc2)CCNCC1.Cl. The molecule has 2 rings (SSSR count). The van der Waals surface area contributed by atoms with Crippen LogP contribution in [-0.4, -0.2) is 39.3 Å². The Balaban J connectivity index is 0.00000264. The number of carbonyl (C=O) groups excluding carboxylic acids is 1. The molecular weight excluding hydrogens is 380 g/mol. The Morgan fingerprint density at radius 2 is 1.96 bits per heavy atom. The van der Waals surface area contributed by atoms with Crippen molar-refractivity contribution in [2.24, 2.45) is 5.41 Å². The van der Waals surface area contributed by atoms with Gasteiger partial charge < -0.3 is 15.4 Å². The van der Waals surface area contributed by atoms with E-state index in [-0.39, 0.29) is 23.7 Å². The predicted molar refractivity (Wildman–Crippen MR) is 99.1 cm³/mol. The van der Waals surface area contributed by atoms with Crippen molar-refractivity contribution in [3.63, 3.8) is 0 Å². The molecule has 0 radical (unpaired) electrons. The van der Waals surface area contributed by atoms with Crippen LogP contribution < -0.4 is 10.6 Å². The molecular formula is C17H26BrClN2O2. The van der Waals surface area contributed by atoms with Crippen molar-refractivity contribution in [2.75, 3.05) is 33.4 Å². The van der Waals surface area contributed by atoms with Crippen molar-refractivity contribution in [3.05, 3.63) is 34.3 Å². The van der Waals surface area contributed by atoms with Crippen LogP contribution in [0.25, 0.3) is 0 Å². The van der Waals surface area contributed by atoms with E-state index in [1.807, 2.05) is 12.1 Å². The maximum Gasteiger partial charge on any atom is 0.220 e. The monoisotopic (exact) mass is 404 g/mol. The quantitative estimate of drug-likeness (QED) is 0.733. The fourth-order valence-corrected chi connectivity index (χ4v) is 3.18. The lowest BCUT2D eigenvalue weighted by Crippen LogP contribution is -2.47. The Morgan fingerprint density at radius 3 is 2.57 bits per heavy atom. The van der Waals surface area contributed by atoms with Gasteiger partial charge >= 0.3 is 0 Å². The summed E-state index contributed by atoms with van der Waals surface area (Å²) < 4.78 is 6.44. The predicted octanol–water partition coefficient (Wildman–Crippen LogP) is 2.94. The van der Waals surface area contributed by atoms with Gasteiger partial charge in [0, 0.05) is 30.0 Å². The number of ether oxygens (including phenoxy) is 1. The Kier molecular flexibility index (Phi) is 9.14. The molecule has 1 amide bonds. The van der Waals surface area contributed by atoms with E-state index in [0.29, 0.717) is 19.6 Å². The first kappa shape index (κ1) is 20.4. The van der Waals surface area contributed by atoms with Crippen LogP contribution in [0.2, 0.25) is 0 Å². The smallest absolute Gasteiger partial charge is 0.220 e. The second kappa shape index (κ2) is 10.3. The molecule has 0 saturated carbocycles. The van der Waals surface area contributed by atoms with Crippen molar-refractivity contribution in [1.29, 1.82) is 0 Å². The molecule has 4 nitrogen and oxygen atoms in total. The third-order valence-corrected chi connectivity index (χ3v) is 4.86. The summed E-state index contributed by atoms with van der Waals surface area (Å²) in [6.07, 6.45) is 3.41. The van der Waals surface area contributed by atoms with Crippen molar-refractivity contribution in [3.8, 4) is 0 Å². The molecule has 6 heteroatoms. The van der Waals surface area contributed by atoms with E-state index < -0.39 is 0 Å². The van der Waals surface area contributed by atoms with E-state index in [9.17, 15) is 4.79 Å². The van der Waals surface area contributed by atoms with Gasteiger partial charge in [0.05, 0.1) is 6.61 Å². The molecule has 1 aliphatic rings. The molecule has 0 aromatic heterocycles. The fourth-order valence-electron chi connectivity index (χ4n) is 2.92. The Bertz CT molecular complexity index is 470. The van der Waals surface area contributed by atoms with E-state index in [1.54, 1.807) is 7.11 Å². The van der Waals surface area contributed by atoms with Gasteiger partial charge in [-0.05, 0) is 50.0 Å². The molecule has 1 aromatic carbocycles. The first-order chi connectivity index (χ1) is 10.6. The van der Waals surface area contributed by atoms with Gasteiger partial charge in [-0.15, -0.1) is 12.4 Å². The van der Waals surface area contributed by atoms with Crippen LogP contribution in [0.3, 0.4) is 0 Å². The molecule has 1 heterocycles. The molecule has 0 unspecified atom stereocenters. The van der Waals surface area contributed by atoms with Crippen LogP contribution in [0.5, 0.6) is 0 Å². The molecule has 2 N–H and O–H groups in total. The fraction of sp³-hybridized carbons (Fsp3) is 0.588. The lowest BCUT2D eigenvalue weighted by atomic mass is 9.79. The van der Waals surface area contributed by atoms with Crippen LogP contribution >= 0.6 is 28.3 Å². The maximum atomic E-state index is 12.1. The number of aryl methyl sites for hydroxylation is 1. The van der Waals surface area contributed by atoms with Gasteiger partial charge in [0.2, 0.25) is 5.91 Å². The summed E-state index contributed by atoms with van der Waals surface area (Å²) in [6.45, 7) is 3.42. The Morgan fingerprint density at radius 1 is 1.30 bits per heavy atom. The first-order valence-corrected chi connectivity index (χ1v) is 8.64. The largest absolute Gasteiger partial charge is 0.384 e. The van der Waals surface area contributed by atoms with Gasteiger partial charge in [0.15, 0.2) is 0 Å². The number of benzene rings is 1. The third kappa shape index (κ3) is 6.79. The highest BCUT2D eigenvalue weighted by Crippen LogP contribution is 2.28. The number of carbonyl (C=O) groups is 1. The highest BCUT2D eigenvalue weighted by Gasteiger charge is 2.32. The third-order valence-electron chi connectivity index (χ3n) is 4.33. The molecule has 23 heavy (non-hydrogen) atoms. The molecule has 130 valence electrons. The zero-order chi connectivity index (χ0) is 15.8. The van der Waals surface area contributed by atoms with Gasteiger partial charge in [-0.2, -0.15) is 0 Å². The number of rotatable bonds is 7. The second-order valence-corrected chi connectivity index (χ2v) is 7.00. The van der Waals surface area contributed by atoms with Crippen LogP contribution in [0.4, 0.5) is 0 Å². The molecule has 0 aliphatic carbocycles. The number of nitrogens with one attached hydrogen (secondary N) is 2. The number of hydrogen-bond donors (Lipinski definition) is 2. The summed E-state index contributed by atoms with van der Waals surface area (Å²) in [5.41, 5.74) is 1.28. The lowest BCUT2D eigenvalue weighted by Gasteiger charge is -2.37. The zero-order valence-corrected chi connectivity index (χ0v) is 16.0. The van der Waals surface area contributed by atoms with Gasteiger partial charge in [-0.25, -0.2) is 0 Å². The molecule has 0 atom stereocenters. The van der Waals surface area contributed by atoms with Gasteiger partial charge in [0.25, 0.3) is 0 Å². The number of piperidine rings is 1. The minimum atomic E-state index is 0. The minimum absolute atomic E-state index is 0. The lowest BCUT2D eigenvalue weighted by molar-refractivity contribution is -0.122. The second-order valence-electron chi connectivity index (χ2n) is 6.09. The summed E-state index contributed by atoms with van der Waals surface area (Å²) >= 11 is 3.42. The van der Waals surface area contributed by atoms with Gasteiger partial charge in [-0.3, -0.25) is 4.79 Å². The molecule has 1 aromatic rings. The normalized spacial score (nSPS) is 16.4. The number of halogens is 2. The van der Waals surface area contributed by atoms with Gasteiger partial charge in [-0.1, -0.05) is 28.1 Å². The van der Waals surface area contributed by atoms with Crippen LogP contribution in [0.1, 0.15) is 24.8 Å². The zero-order valence-electron chi connectivity index (χ0n) is 13.6. The maximum absolute atomic E-state index is 12.1. The van der Waals surface area contributed by atoms with Gasteiger partial charge in [0.1, 0.15) is 0 Å². The molecule has 1 saturated heterocycles. The molecule has 1 fully saturated rings. The average molecular weight is 406 g/mol. The van der Waals surface area contributed by atoms with E-state index >= 15 is 0 Å². The van der Waals surface area contributed by atoms with E-state index in [2.05, 4.69) is 38.7 Å².